The number of imidazole rings is 1. The van der Waals surface area contributed by atoms with E-state index < -0.39 is 0 Å². The summed E-state index contributed by atoms with van der Waals surface area (Å²) in [6.45, 7) is 2.49. The number of nitrogens with zero attached hydrogens (tertiary/aromatic N) is 2. The number of aryl methyl sites for hydroxylation is 1. The lowest BCUT2D eigenvalue weighted by Gasteiger charge is -2.04. The summed E-state index contributed by atoms with van der Waals surface area (Å²) in [5.41, 5.74) is 2.93. The first-order chi connectivity index (χ1) is 9.20. The molecule has 0 amide bonds. The van der Waals surface area contributed by atoms with Gasteiger partial charge in [0.2, 0.25) is 0 Å². The van der Waals surface area contributed by atoms with Crippen LogP contribution in [-0.4, -0.2) is 9.38 Å². The van der Waals surface area contributed by atoms with Crippen LogP contribution in [0.2, 0.25) is 5.02 Å². The Bertz CT molecular complexity index is 721. The second-order valence-corrected chi connectivity index (χ2v) is 4.89. The summed E-state index contributed by atoms with van der Waals surface area (Å²) in [5.74, 6) is 0.857. The fraction of sp³-hybridized carbons (Fsp3) is 0.133. The summed E-state index contributed by atoms with van der Waals surface area (Å²) in [6, 6.07) is 11.7. The second-order valence-electron chi connectivity index (χ2n) is 4.45. The highest BCUT2D eigenvalue weighted by atomic mass is 35.5. The number of halogens is 1. The van der Waals surface area contributed by atoms with Crippen LogP contribution in [0, 0.1) is 6.92 Å². The molecule has 2 heterocycles. The molecule has 19 heavy (non-hydrogen) atoms. The van der Waals surface area contributed by atoms with Crippen LogP contribution in [0.3, 0.4) is 0 Å². The number of hydrogen-bond acceptors (Lipinski definition) is 2. The largest absolute Gasteiger partial charge is 0.487 e. The highest BCUT2D eigenvalue weighted by Gasteiger charge is 2.03. The van der Waals surface area contributed by atoms with E-state index in [-0.39, 0.29) is 0 Å². The first-order valence-corrected chi connectivity index (χ1v) is 6.41. The van der Waals surface area contributed by atoms with Gasteiger partial charge >= 0.3 is 0 Å². The van der Waals surface area contributed by atoms with Gasteiger partial charge in [-0.05, 0) is 36.8 Å². The lowest BCUT2D eigenvalue weighted by molar-refractivity contribution is 0.302. The van der Waals surface area contributed by atoms with Crippen molar-refractivity contribution in [3.63, 3.8) is 0 Å². The predicted octanol–water partition coefficient (Wildman–Crippen LogP) is 3.88. The molecule has 0 N–H and O–H groups in total. The summed E-state index contributed by atoms with van der Waals surface area (Å²) < 4.78 is 7.62. The maximum atomic E-state index is 5.94. The van der Waals surface area contributed by atoms with Crippen molar-refractivity contribution in [2.75, 3.05) is 0 Å². The predicted molar refractivity (Wildman–Crippen MR) is 75.7 cm³/mol. The van der Waals surface area contributed by atoms with Crippen molar-refractivity contribution in [3.8, 4) is 5.75 Å². The van der Waals surface area contributed by atoms with Gasteiger partial charge < -0.3 is 9.14 Å². The molecule has 0 atom stereocenters. The van der Waals surface area contributed by atoms with Crippen molar-refractivity contribution in [2.24, 2.45) is 0 Å². The standard InChI is InChI=1S/C15H13ClN2O/c1-11-3-2-4-14(7-11)19-10-13-9-18-8-12(16)5-6-15(18)17-13/h2-9H,10H2,1H3. The minimum absolute atomic E-state index is 0.447. The maximum absolute atomic E-state index is 5.94. The first-order valence-electron chi connectivity index (χ1n) is 6.03. The van der Waals surface area contributed by atoms with Crippen LogP contribution in [0.5, 0.6) is 5.75 Å². The highest BCUT2D eigenvalue weighted by molar-refractivity contribution is 6.30. The van der Waals surface area contributed by atoms with E-state index in [0.717, 1.165) is 17.1 Å². The van der Waals surface area contributed by atoms with Crippen molar-refractivity contribution in [1.29, 1.82) is 0 Å². The van der Waals surface area contributed by atoms with E-state index in [1.54, 1.807) is 0 Å². The summed E-state index contributed by atoms with van der Waals surface area (Å²) in [5, 5.41) is 0.691. The lowest BCUT2D eigenvalue weighted by atomic mass is 10.2. The minimum Gasteiger partial charge on any atom is -0.487 e. The average molecular weight is 273 g/mol. The molecule has 0 fully saturated rings. The Morgan fingerprint density at radius 1 is 1.21 bits per heavy atom. The third-order valence-electron chi connectivity index (χ3n) is 2.84. The molecule has 0 radical (unpaired) electrons. The van der Waals surface area contributed by atoms with E-state index >= 15 is 0 Å². The molecule has 3 nitrogen and oxygen atoms in total. The molecule has 1 aromatic carbocycles. The second kappa shape index (κ2) is 4.94. The van der Waals surface area contributed by atoms with E-state index in [4.69, 9.17) is 16.3 Å². The quantitative estimate of drug-likeness (QED) is 0.723. The third-order valence-corrected chi connectivity index (χ3v) is 3.06. The summed E-state index contributed by atoms with van der Waals surface area (Å²) in [7, 11) is 0. The molecule has 2 aromatic heterocycles. The zero-order valence-electron chi connectivity index (χ0n) is 10.5. The summed E-state index contributed by atoms with van der Waals surface area (Å²) in [6.07, 6.45) is 3.76. The van der Waals surface area contributed by atoms with Gasteiger partial charge in [0.1, 0.15) is 18.0 Å². The van der Waals surface area contributed by atoms with E-state index in [2.05, 4.69) is 4.98 Å². The minimum atomic E-state index is 0.447. The number of rotatable bonds is 3. The molecule has 0 aliphatic rings. The number of ether oxygens (including phenoxy) is 1. The van der Waals surface area contributed by atoms with Gasteiger partial charge in [-0.15, -0.1) is 0 Å². The van der Waals surface area contributed by atoms with Crippen LogP contribution in [0.1, 0.15) is 11.3 Å². The highest BCUT2D eigenvalue weighted by Crippen LogP contribution is 2.16. The average Bonchev–Trinajstić information content (AvgIpc) is 2.78. The smallest absolute Gasteiger partial charge is 0.137 e. The van der Waals surface area contributed by atoms with E-state index in [0.29, 0.717) is 11.6 Å². The van der Waals surface area contributed by atoms with Gasteiger partial charge in [0.05, 0.1) is 10.7 Å². The van der Waals surface area contributed by atoms with Crippen LogP contribution in [0.25, 0.3) is 5.65 Å². The molecule has 0 aliphatic heterocycles. The molecule has 4 heteroatoms. The Balaban J connectivity index is 1.78. The van der Waals surface area contributed by atoms with Gasteiger partial charge in [-0.1, -0.05) is 23.7 Å². The number of hydrogen-bond donors (Lipinski definition) is 0. The van der Waals surface area contributed by atoms with Gasteiger partial charge in [-0.2, -0.15) is 0 Å². The van der Waals surface area contributed by atoms with E-state index in [1.165, 1.54) is 5.56 Å². The Kier molecular flexibility index (Phi) is 3.13. The van der Waals surface area contributed by atoms with E-state index in [1.807, 2.05) is 60.1 Å². The van der Waals surface area contributed by atoms with Crippen LogP contribution in [-0.2, 0) is 6.61 Å². The normalized spacial score (nSPS) is 10.8. The number of fused-ring (bicyclic) bond motifs is 1. The zero-order chi connectivity index (χ0) is 13.2. The summed E-state index contributed by atoms with van der Waals surface area (Å²) >= 11 is 5.94. The molecule has 0 saturated carbocycles. The fourth-order valence-corrected chi connectivity index (χ4v) is 2.12. The van der Waals surface area contributed by atoms with Crippen molar-refractivity contribution in [3.05, 3.63) is 65.1 Å². The molecular weight excluding hydrogens is 260 g/mol. The van der Waals surface area contributed by atoms with Gasteiger partial charge in [-0.25, -0.2) is 4.98 Å². The van der Waals surface area contributed by atoms with Crippen LogP contribution >= 0.6 is 11.6 Å². The van der Waals surface area contributed by atoms with Crippen molar-refractivity contribution in [2.45, 2.75) is 13.5 Å². The molecular formula is C15H13ClN2O. The Morgan fingerprint density at radius 2 is 2.11 bits per heavy atom. The number of benzene rings is 1. The molecule has 0 unspecified atom stereocenters. The van der Waals surface area contributed by atoms with Crippen molar-refractivity contribution < 1.29 is 4.74 Å². The molecule has 3 aromatic rings. The Labute approximate surface area is 116 Å². The van der Waals surface area contributed by atoms with Gasteiger partial charge in [0, 0.05) is 12.4 Å². The zero-order valence-corrected chi connectivity index (χ0v) is 11.3. The molecule has 0 spiro atoms. The first kappa shape index (κ1) is 12.1. The fourth-order valence-electron chi connectivity index (χ4n) is 1.95. The van der Waals surface area contributed by atoms with Crippen LogP contribution in [0.4, 0.5) is 0 Å². The topological polar surface area (TPSA) is 26.5 Å². The van der Waals surface area contributed by atoms with E-state index in [9.17, 15) is 0 Å². The molecule has 0 saturated heterocycles. The molecule has 0 bridgehead atoms. The summed E-state index contributed by atoms with van der Waals surface area (Å²) in [4.78, 5) is 4.47. The van der Waals surface area contributed by atoms with Crippen LogP contribution < -0.4 is 4.74 Å². The van der Waals surface area contributed by atoms with Gasteiger partial charge in [0.25, 0.3) is 0 Å². The SMILES string of the molecule is Cc1cccc(OCc2cn3cc(Cl)ccc3n2)c1. The van der Waals surface area contributed by atoms with Crippen molar-refractivity contribution in [1.82, 2.24) is 9.38 Å². The maximum Gasteiger partial charge on any atom is 0.137 e. The molecule has 3 rings (SSSR count). The van der Waals surface area contributed by atoms with Crippen molar-refractivity contribution >= 4 is 17.2 Å². The van der Waals surface area contributed by atoms with Gasteiger partial charge in [-0.3, -0.25) is 0 Å². The monoisotopic (exact) mass is 272 g/mol. The van der Waals surface area contributed by atoms with Crippen LogP contribution in [0.15, 0.2) is 48.8 Å². The lowest BCUT2D eigenvalue weighted by Crippen LogP contribution is -1.95. The Hall–Kier alpha value is -2.00. The Morgan fingerprint density at radius 3 is 2.95 bits per heavy atom. The number of aromatic nitrogens is 2. The number of pyridine rings is 1. The molecule has 0 aliphatic carbocycles. The van der Waals surface area contributed by atoms with Gasteiger partial charge in [0.15, 0.2) is 0 Å². The molecule has 96 valence electrons. The third kappa shape index (κ3) is 2.71.